The van der Waals surface area contributed by atoms with Crippen LogP contribution in [0.1, 0.15) is 5.56 Å². The Morgan fingerprint density at radius 2 is 2.13 bits per heavy atom. The van der Waals surface area contributed by atoms with Gasteiger partial charge in [0.2, 0.25) is 5.95 Å². The van der Waals surface area contributed by atoms with Gasteiger partial charge >= 0.3 is 6.09 Å². The van der Waals surface area contributed by atoms with Gasteiger partial charge in [-0.05, 0) is 11.6 Å². The summed E-state index contributed by atoms with van der Waals surface area (Å²) in [4.78, 5) is 23.8. The van der Waals surface area contributed by atoms with Gasteiger partial charge in [-0.2, -0.15) is 14.3 Å². The minimum atomic E-state index is -0.412. The Bertz CT molecular complexity index is 851. The number of hydrogen-bond acceptors (Lipinski definition) is 6. The molecule has 1 amide bonds. The number of benzene rings is 1. The van der Waals surface area contributed by atoms with Crippen molar-refractivity contribution in [2.45, 2.75) is 6.54 Å². The zero-order valence-electron chi connectivity index (χ0n) is 12.0. The van der Waals surface area contributed by atoms with E-state index in [1.165, 1.54) is 16.3 Å². The standard InChI is InChI=1S/C15H13N5O2S/c21-15-20(23-9-22-15)13-11-6-7-16-12(11)18-14(19-13)17-8-10-4-2-1-3-5-10/h1-7H,8-9H2,(H2,16,17,18,19). The van der Waals surface area contributed by atoms with Gasteiger partial charge in [0, 0.05) is 24.7 Å². The van der Waals surface area contributed by atoms with Gasteiger partial charge in [-0.3, -0.25) is 0 Å². The van der Waals surface area contributed by atoms with Crippen LogP contribution in [0.4, 0.5) is 16.6 Å². The van der Waals surface area contributed by atoms with Gasteiger partial charge in [-0.25, -0.2) is 4.79 Å². The van der Waals surface area contributed by atoms with Gasteiger partial charge in [0.05, 0.1) is 5.39 Å². The number of amides is 1. The Hall–Kier alpha value is -2.74. The monoisotopic (exact) mass is 327 g/mol. The van der Waals surface area contributed by atoms with E-state index < -0.39 is 6.09 Å². The molecule has 7 nitrogen and oxygen atoms in total. The Kier molecular flexibility index (Phi) is 3.51. The van der Waals surface area contributed by atoms with E-state index in [9.17, 15) is 4.79 Å². The first-order valence-electron chi connectivity index (χ1n) is 7.04. The van der Waals surface area contributed by atoms with Crippen LogP contribution in [-0.4, -0.2) is 27.0 Å². The molecule has 4 rings (SSSR count). The number of anilines is 2. The third-order valence-electron chi connectivity index (χ3n) is 3.41. The molecule has 3 heterocycles. The van der Waals surface area contributed by atoms with Crippen LogP contribution in [0.2, 0.25) is 0 Å². The smallest absolute Gasteiger partial charge is 0.426 e. The fourth-order valence-corrected chi connectivity index (χ4v) is 3.00. The van der Waals surface area contributed by atoms with Gasteiger partial charge < -0.3 is 15.0 Å². The first-order valence-corrected chi connectivity index (χ1v) is 7.98. The highest BCUT2D eigenvalue weighted by molar-refractivity contribution is 8.01. The molecule has 0 saturated carbocycles. The normalized spacial score (nSPS) is 14.3. The molecule has 8 heteroatoms. The van der Waals surface area contributed by atoms with Crippen molar-refractivity contribution in [1.82, 2.24) is 15.0 Å². The van der Waals surface area contributed by atoms with E-state index in [1.54, 1.807) is 6.20 Å². The highest BCUT2D eigenvalue weighted by Crippen LogP contribution is 2.33. The van der Waals surface area contributed by atoms with E-state index in [-0.39, 0.29) is 0 Å². The number of H-pyrrole nitrogens is 1. The lowest BCUT2D eigenvalue weighted by atomic mass is 10.2. The van der Waals surface area contributed by atoms with Crippen molar-refractivity contribution in [1.29, 1.82) is 0 Å². The van der Waals surface area contributed by atoms with Crippen molar-refractivity contribution in [3.8, 4) is 0 Å². The molecule has 3 aromatic rings. The highest BCUT2D eigenvalue weighted by atomic mass is 32.2. The van der Waals surface area contributed by atoms with Gasteiger partial charge in [-0.15, -0.1) is 0 Å². The zero-order valence-corrected chi connectivity index (χ0v) is 12.8. The molecule has 1 aliphatic heterocycles. The Morgan fingerprint density at radius 1 is 1.26 bits per heavy atom. The van der Waals surface area contributed by atoms with Crippen LogP contribution >= 0.6 is 11.9 Å². The molecule has 116 valence electrons. The highest BCUT2D eigenvalue weighted by Gasteiger charge is 2.28. The van der Waals surface area contributed by atoms with Gasteiger partial charge in [-0.1, -0.05) is 30.3 Å². The molecule has 2 aromatic heterocycles. The predicted molar refractivity (Wildman–Crippen MR) is 89.1 cm³/mol. The Labute approximate surface area is 136 Å². The molecular formula is C15H13N5O2S. The summed E-state index contributed by atoms with van der Waals surface area (Å²) in [7, 11) is 0. The first kappa shape index (κ1) is 13.9. The molecule has 1 aliphatic rings. The van der Waals surface area contributed by atoms with Crippen molar-refractivity contribution >= 4 is 40.8 Å². The number of aromatic amines is 1. The lowest BCUT2D eigenvalue weighted by molar-refractivity contribution is 0.184. The van der Waals surface area contributed by atoms with E-state index in [4.69, 9.17) is 4.74 Å². The maximum Gasteiger partial charge on any atom is 0.426 e. The van der Waals surface area contributed by atoms with Crippen LogP contribution in [0.3, 0.4) is 0 Å². The van der Waals surface area contributed by atoms with Crippen molar-refractivity contribution < 1.29 is 9.53 Å². The van der Waals surface area contributed by atoms with Crippen LogP contribution in [0.25, 0.3) is 11.0 Å². The molecule has 0 atom stereocenters. The second-order valence-corrected chi connectivity index (χ2v) is 5.76. The van der Waals surface area contributed by atoms with Gasteiger partial charge in [0.1, 0.15) is 5.65 Å². The lowest BCUT2D eigenvalue weighted by Gasteiger charge is -2.13. The molecule has 0 aliphatic carbocycles. The molecule has 23 heavy (non-hydrogen) atoms. The molecule has 0 spiro atoms. The average Bonchev–Trinajstić information content (AvgIpc) is 3.22. The number of aromatic nitrogens is 3. The van der Waals surface area contributed by atoms with Crippen LogP contribution in [-0.2, 0) is 11.3 Å². The lowest BCUT2D eigenvalue weighted by Crippen LogP contribution is -2.19. The van der Waals surface area contributed by atoms with Crippen molar-refractivity contribution in [2.75, 3.05) is 15.6 Å². The van der Waals surface area contributed by atoms with Gasteiger partial charge in [0.15, 0.2) is 11.8 Å². The van der Waals surface area contributed by atoms with Crippen molar-refractivity contribution in [2.24, 2.45) is 0 Å². The largest absolute Gasteiger partial charge is 0.436 e. The number of carbonyl (C=O) groups excluding carboxylic acids is 1. The van der Waals surface area contributed by atoms with E-state index in [2.05, 4.69) is 20.3 Å². The Morgan fingerprint density at radius 3 is 2.91 bits per heavy atom. The minimum absolute atomic E-state index is 0.293. The summed E-state index contributed by atoms with van der Waals surface area (Å²) in [5.74, 6) is 1.28. The van der Waals surface area contributed by atoms with Crippen molar-refractivity contribution in [3.63, 3.8) is 0 Å². The fourth-order valence-electron chi connectivity index (χ4n) is 2.32. The SMILES string of the molecule is O=C1OCSN1c1nc(NCc2ccccc2)nc2[nH]ccc12. The number of cyclic esters (lactones) is 1. The summed E-state index contributed by atoms with van der Waals surface area (Å²) >= 11 is 1.27. The average molecular weight is 327 g/mol. The number of ether oxygens (including phenoxy) is 1. The van der Waals surface area contributed by atoms with Crippen LogP contribution in [0.15, 0.2) is 42.6 Å². The van der Waals surface area contributed by atoms with Crippen LogP contribution < -0.4 is 9.62 Å². The molecule has 1 aromatic carbocycles. The number of fused-ring (bicyclic) bond motifs is 1. The minimum Gasteiger partial charge on any atom is -0.436 e. The second kappa shape index (κ2) is 5.81. The zero-order chi connectivity index (χ0) is 15.6. The quantitative estimate of drug-likeness (QED) is 0.716. The number of rotatable bonds is 4. The molecule has 1 fully saturated rings. The molecule has 0 radical (unpaired) electrons. The molecule has 1 saturated heterocycles. The van der Waals surface area contributed by atoms with E-state index in [1.807, 2.05) is 36.4 Å². The van der Waals surface area contributed by atoms with Crippen LogP contribution in [0.5, 0.6) is 0 Å². The third kappa shape index (κ3) is 2.68. The maximum atomic E-state index is 11.8. The first-order chi connectivity index (χ1) is 11.3. The summed E-state index contributed by atoms with van der Waals surface area (Å²) in [6.45, 7) is 0.601. The molecule has 2 N–H and O–H groups in total. The third-order valence-corrected chi connectivity index (χ3v) is 4.21. The fraction of sp³-hybridized carbons (Fsp3) is 0.133. The molecule has 0 bridgehead atoms. The van der Waals surface area contributed by atoms with E-state index in [0.29, 0.717) is 29.9 Å². The van der Waals surface area contributed by atoms with Gasteiger partial charge in [0.25, 0.3) is 0 Å². The number of carbonyl (C=O) groups is 1. The number of hydrogen-bond donors (Lipinski definition) is 2. The van der Waals surface area contributed by atoms with Crippen LogP contribution in [0, 0.1) is 0 Å². The summed E-state index contributed by atoms with van der Waals surface area (Å²) in [5.41, 5.74) is 1.80. The summed E-state index contributed by atoms with van der Waals surface area (Å²) in [5, 5.41) is 3.97. The summed E-state index contributed by atoms with van der Waals surface area (Å²) in [6, 6.07) is 11.8. The number of nitrogens with zero attached hydrogens (tertiary/aromatic N) is 3. The van der Waals surface area contributed by atoms with E-state index in [0.717, 1.165) is 10.9 Å². The maximum absolute atomic E-state index is 11.8. The Balaban J connectivity index is 1.66. The predicted octanol–water partition coefficient (Wildman–Crippen LogP) is 3.13. The van der Waals surface area contributed by atoms with Crippen molar-refractivity contribution in [3.05, 3.63) is 48.2 Å². The second-order valence-electron chi connectivity index (χ2n) is 4.90. The molecule has 0 unspecified atom stereocenters. The van der Waals surface area contributed by atoms with E-state index >= 15 is 0 Å². The summed E-state index contributed by atoms with van der Waals surface area (Å²) in [6.07, 6.45) is 1.36. The molecular weight excluding hydrogens is 314 g/mol. The topological polar surface area (TPSA) is 83.1 Å². The number of nitrogens with one attached hydrogen (secondary N) is 2. The summed E-state index contributed by atoms with van der Waals surface area (Å²) < 4.78 is 6.42.